The van der Waals surface area contributed by atoms with Crippen molar-refractivity contribution >= 4 is 21.8 Å². The predicted octanol–water partition coefficient (Wildman–Crippen LogP) is 2.02. The fourth-order valence-corrected chi connectivity index (χ4v) is 1.70. The fourth-order valence-electron chi connectivity index (χ4n) is 1.37. The van der Waals surface area contributed by atoms with Gasteiger partial charge in [-0.05, 0) is 30.5 Å². The van der Waals surface area contributed by atoms with Gasteiger partial charge in [-0.2, -0.15) is 0 Å². The third-order valence-electron chi connectivity index (χ3n) is 2.29. The molecule has 0 spiro atoms. The standard InChI is InChI=1S/C12H15BrFNO2/c13-10-4-2-9(11(14)8-10)3-5-12(17)15-6-1-7-16/h2,4,8,16H,1,3,5-7H2,(H,15,17). The first-order valence-electron chi connectivity index (χ1n) is 5.45. The molecule has 1 amide bonds. The largest absolute Gasteiger partial charge is 0.396 e. The zero-order valence-corrected chi connectivity index (χ0v) is 11.0. The van der Waals surface area contributed by atoms with Gasteiger partial charge >= 0.3 is 0 Å². The quantitative estimate of drug-likeness (QED) is 0.790. The molecule has 0 fully saturated rings. The average molecular weight is 304 g/mol. The molecule has 17 heavy (non-hydrogen) atoms. The van der Waals surface area contributed by atoms with Crippen molar-refractivity contribution in [2.75, 3.05) is 13.2 Å². The van der Waals surface area contributed by atoms with Crippen LogP contribution in [0.15, 0.2) is 22.7 Å². The summed E-state index contributed by atoms with van der Waals surface area (Å²) in [5, 5.41) is 11.2. The summed E-state index contributed by atoms with van der Waals surface area (Å²) < 4.78 is 14.1. The van der Waals surface area contributed by atoms with Crippen LogP contribution >= 0.6 is 15.9 Å². The monoisotopic (exact) mass is 303 g/mol. The van der Waals surface area contributed by atoms with E-state index in [0.29, 0.717) is 29.4 Å². The molecule has 0 aromatic heterocycles. The summed E-state index contributed by atoms with van der Waals surface area (Å²) in [5.74, 6) is -0.427. The third-order valence-corrected chi connectivity index (χ3v) is 2.79. The van der Waals surface area contributed by atoms with Gasteiger partial charge < -0.3 is 10.4 Å². The highest BCUT2D eigenvalue weighted by molar-refractivity contribution is 9.10. The Labute approximate surface area is 108 Å². The number of hydrogen-bond donors (Lipinski definition) is 2. The van der Waals surface area contributed by atoms with Crippen LogP contribution in [0.25, 0.3) is 0 Å². The van der Waals surface area contributed by atoms with Crippen LogP contribution in [0.5, 0.6) is 0 Å². The van der Waals surface area contributed by atoms with Gasteiger partial charge in [-0.3, -0.25) is 4.79 Å². The first kappa shape index (κ1) is 14.1. The molecule has 0 aliphatic heterocycles. The van der Waals surface area contributed by atoms with E-state index in [9.17, 15) is 9.18 Å². The lowest BCUT2D eigenvalue weighted by molar-refractivity contribution is -0.121. The van der Waals surface area contributed by atoms with Crippen molar-refractivity contribution < 1.29 is 14.3 Å². The zero-order chi connectivity index (χ0) is 12.7. The molecule has 0 aliphatic carbocycles. The number of carbonyl (C=O) groups excluding carboxylic acids is 1. The van der Waals surface area contributed by atoms with Crippen LogP contribution in [0.1, 0.15) is 18.4 Å². The summed E-state index contributed by atoms with van der Waals surface area (Å²) in [6, 6.07) is 4.81. The van der Waals surface area contributed by atoms with Crippen LogP contribution in [0.4, 0.5) is 4.39 Å². The number of aliphatic hydroxyl groups excluding tert-OH is 1. The van der Waals surface area contributed by atoms with E-state index < -0.39 is 0 Å². The fraction of sp³-hybridized carbons (Fsp3) is 0.417. The van der Waals surface area contributed by atoms with Crippen molar-refractivity contribution in [3.63, 3.8) is 0 Å². The van der Waals surface area contributed by atoms with Gasteiger partial charge in [0.1, 0.15) is 5.82 Å². The number of amides is 1. The average Bonchev–Trinajstić information content (AvgIpc) is 2.28. The smallest absolute Gasteiger partial charge is 0.220 e. The van der Waals surface area contributed by atoms with E-state index in [1.165, 1.54) is 6.07 Å². The highest BCUT2D eigenvalue weighted by atomic mass is 79.9. The minimum Gasteiger partial charge on any atom is -0.396 e. The van der Waals surface area contributed by atoms with Gasteiger partial charge in [-0.25, -0.2) is 4.39 Å². The molecule has 1 rings (SSSR count). The van der Waals surface area contributed by atoms with E-state index >= 15 is 0 Å². The van der Waals surface area contributed by atoms with Gasteiger partial charge in [0.15, 0.2) is 0 Å². The second kappa shape index (κ2) is 7.40. The van der Waals surface area contributed by atoms with Crippen LogP contribution in [0, 0.1) is 5.82 Å². The Balaban J connectivity index is 2.37. The molecule has 3 nitrogen and oxygen atoms in total. The first-order valence-corrected chi connectivity index (χ1v) is 6.24. The Kier molecular flexibility index (Phi) is 6.15. The molecule has 94 valence electrons. The summed E-state index contributed by atoms with van der Waals surface area (Å²) in [6.45, 7) is 0.514. The maximum atomic E-state index is 13.4. The molecule has 1 aromatic rings. The number of benzene rings is 1. The summed E-state index contributed by atoms with van der Waals surface area (Å²) in [5.41, 5.74) is 0.533. The number of rotatable bonds is 6. The van der Waals surface area contributed by atoms with Gasteiger partial charge in [0.2, 0.25) is 5.91 Å². The number of carbonyl (C=O) groups is 1. The molecule has 0 saturated heterocycles. The van der Waals surface area contributed by atoms with Crippen LogP contribution in [-0.4, -0.2) is 24.2 Å². The Morgan fingerprint density at radius 3 is 2.88 bits per heavy atom. The summed E-state index contributed by atoms with van der Waals surface area (Å²) in [6.07, 6.45) is 1.17. The van der Waals surface area contributed by atoms with Crippen molar-refractivity contribution in [2.45, 2.75) is 19.3 Å². The normalized spacial score (nSPS) is 10.3. The number of hydrogen-bond acceptors (Lipinski definition) is 2. The Bertz CT molecular complexity index is 385. The van der Waals surface area contributed by atoms with Crippen LogP contribution < -0.4 is 5.32 Å². The molecule has 5 heteroatoms. The second-order valence-corrected chi connectivity index (χ2v) is 4.58. The molecule has 1 aromatic carbocycles. The first-order chi connectivity index (χ1) is 8.13. The number of aliphatic hydroxyl groups is 1. The number of aryl methyl sites for hydroxylation is 1. The number of halogens is 2. The van der Waals surface area contributed by atoms with Crippen LogP contribution in [-0.2, 0) is 11.2 Å². The maximum absolute atomic E-state index is 13.4. The maximum Gasteiger partial charge on any atom is 0.220 e. The van der Waals surface area contributed by atoms with E-state index in [-0.39, 0.29) is 24.8 Å². The lowest BCUT2D eigenvalue weighted by atomic mass is 10.1. The topological polar surface area (TPSA) is 49.3 Å². The van der Waals surface area contributed by atoms with Gasteiger partial charge in [0.25, 0.3) is 0 Å². The highest BCUT2D eigenvalue weighted by Gasteiger charge is 2.06. The lowest BCUT2D eigenvalue weighted by Crippen LogP contribution is -2.25. The summed E-state index contributed by atoms with van der Waals surface area (Å²) in [4.78, 5) is 11.3. The molecule has 0 bridgehead atoms. The van der Waals surface area contributed by atoms with Crippen molar-refractivity contribution in [2.24, 2.45) is 0 Å². The highest BCUT2D eigenvalue weighted by Crippen LogP contribution is 2.16. The Morgan fingerprint density at radius 1 is 1.47 bits per heavy atom. The zero-order valence-electron chi connectivity index (χ0n) is 9.38. The number of nitrogens with one attached hydrogen (secondary N) is 1. The minimum absolute atomic E-state index is 0.0572. The summed E-state index contributed by atoms with van der Waals surface area (Å²) in [7, 11) is 0. The molecule has 0 saturated carbocycles. The van der Waals surface area contributed by atoms with Crippen molar-refractivity contribution in [3.05, 3.63) is 34.1 Å². The molecular weight excluding hydrogens is 289 g/mol. The SMILES string of the molecule is O=C(CCc1ccc(Br)cc1F)NCCCO. The van der Waals surface area contributed by atoms with E-state index in [0.717, 1.165) is 0 Å². The van der Waals surface area contributed by atoms with E-state index in [1.54, 1.807) is 12.1 Å². The van der Waals surface area contributed by atoms with Crippen LogP contribution in [0.3, 0.4) is 0 Å². The third kappa shape index (κ3) is 5.28. The van der Waals surface area contributed by atoms with E-state index in [2.05, 4.69) is 21.2 Å². The summed E-state index contributed by atoms with van der Waals surface area (Å²) >= 11 is 3.18. The van der Waals surface area contributed by atoms with Gasteiger partial charge in [0.05, 0.1) is 0 Å². The van der Waals surface area contributed by atoms with Crippen molar-refractivity contribution in [3.8, 4) is 0 Å². The lowest BCUT2D eigenvalue weighted by Gasteiger charge is -2.05. The molecule has 0 unspecified atom stereocenters. The molecule has 0 atom stereocenters. The Morgan fingerprint density at radius 2 is 2.24 bits per heavy atom. The predicted molar refractivity (Wildman–Crippen MR) is 67.1 cm³/mol. The minimum atomic E-state index is -0.303. The van der Waals surface area contributed by atoms with Gasteiger partial charge in [-0.15, -0.1) is 0 Å². The van der Waals surface area contributed by atoms with Crippen LogP contribution in [0.2, 0.25) is 0 Å². The molecule has 0 aliphatic rings. The van der Waals surface area contributed by atoms with Crippen molar-refractivity contribution in [1.82, 2.24) is 5.32 Å². The van der Waals surface area contributed by atoms with Gasteiger partial charge in [-0.1, -0.05) is 22.0 Å². The Hall–Kier alpha value is -0.940. The van der Waals surface area contributed by atoms with E-state index in [1.807, 2.05) is 0 Å². The van der Waals surface area contributed by atoms with E-state index in [4.69, 9.17) is 5.11 Å². The molecule has 2 N–H and O–H groups in total. The van der Waals surface area contributed by atoms with Crippen molar-refractivity contribution in [1.29, 1.82) is 0 Å². The molecule has 0 radical (unpaired) electrons. The molecule has 0 heterocycles. The molecular formula is C12H15BrFNO2. The van der Waals surface area contributed by atoms with Gasteiger partial charge in [0, 0.05) is 24.0 Å². The second-order valence-electron chi connectivity index (χ2n) is 3.66.